The Bertz CT molecular complexity index is 361. The Balaban J connectivity index is 0.000000325. The van der Waals surface area contributed by atoms with E-state index in [-0.39, 0.29) is 5.57 Å². The summed E-state index contributed by atoms with van der Waals surface area (Å²) in [5.41, 5.74) is -0.638. The average Bonchev–Trinajstić information content (AvgIpc) is 2.19. The van der Waals surface area contributed by atoms with Crippen molar-refractivity contribution in [1.29, 1.82) is 0 Å². The van der Waals surface area contributed by atoms with Gasteiger partial charge in [-0.25, -0.2) is 9.59 Å². The molecule has 5 heteroatoms. The predicted octanol–water partition coefficient (Wildman–Crippen LogP) is 3.07. The van der Waals surface area contributed by atoms with Crippen molar-refractivity contribution >= 4 is 23.0 Å². The fraction of sp³-hybridized carbons (Fsp3) is 0.0909. The monoisotopic (exact) mass is 242 g/mol. The first kappa shape index (κ1) is 14.2. The lowest BCUT2D eigenvalue weighted by Gasteiger charge is -1.95. The molecule has 0 saturated heterocycles. The fourth-order valence-corrected chi connectivity index (χ4v) is 0.670. The number of para-hydroxylation sites is 1. The summed E-state index contributed by atoms with van der Waals surface area (Å²) < 4.78 is 4.54. The summed E-state index contributed by atoms with van der Waals surface area (Å²) in [4.78, 5) is 19.8. The lowest BCUT2D eigenvalue weighted by atomic mass is 10.3. The van der Waals surface area contributed by atoms with Crippen LogP contribution in [0.25, 0.3) is 0 Å². The van der Waals surface area contributed by atoms with E-state index >= 15 is 0 Å². The Morgan fingerprint density at radius 3 is 2.06 bits per heavy atom. The summed E-state index contributed by atoms with van der Waals surface area (Å²) >= 11 is 4.95. The van der Waals surface area contributed by atoms with Crippen molar-refractivity contribution in [3.8, 4) is 5.75 Å². The molecule has 0 amide bonds. The third-order valence-corrected chi connectivity index (χ3v) is 1.38. The van der Waals surface area contributed by atoms with Crippen LogP contribution in [0.4, 0.5) is 4.79 Å². The Hall–Kier alpha value is -1.81. The predicted molar refractivity (Wildman–Crippen MR) is 60.8 cm³/mol. The van der Waals surface area contributed by atoms with Crippen molar-refractivity contribution in [2.24, 2.45) is 0 Å². The van der Waals surface area contributed by atoms with E-state index in [1.807, 2.05) is 6.07 Å². The zero-order valence-corrected chi connectivity index (χ0v) is 9.40. The summed E-state index contributed by atoms with van der Waals surface area (Å²) in [5, 5.41) is 7.89. The maximum atomic E-state index is 10.2. The first-order valence-electron chi connectivity index (χ1n) is 4.24. The Morgan fingerprint density at radius 1 is 1.31 bits per heavy atom. The fourth-order valence-electron chi connectivity index (χ4n) is 0.581. The van der Waals surface area contributed by atoms with E-state index < -0.39 is 11.4 Å². The molecule has 0 spiro atoms. The van der Waals surface area contributed by atoms with Crippen molar-refractivity contribution < 1.29 is 19.4 Å². The first-order chi connectivity index (χ1) is 7.43. The molecule has 0 unspecified atom stereocenters. The lowest BCUT2D eigenvalue weighted by Crippen LogP contribution is -1.94. The van der Waals surface area contributed by atoms with Gasteiger partial charge in [0, 0.05) is 17.2 Å². The number of carbonyl (C=O) groups excluding carboxylic acids is 1. The molecule has 1 aromatic rings. The third kappa shape index (κ3) is 7.58. The van der Waals surface area contributed by atoms with Crippen LogP contribution < -0.4 is 4.74 Å². The van der Waals surface area contributed by atoms with E-state index in [1.54, 1.807) is 24.3 Å². The average molecular weight is 243 g/mol. The van der Waals surface area contributed by atoms with E-state index in [2.05, 4.69) is 11.3 Å². The largest absolute Gasteiger partial charge is 0.478 e. The summed E-state index contributed by atoms with van der Waals surface area (Å²) in [6, 6.07) is 8.65. The molecule has 4 nitrogen and oxygen atoms in total. The van der Waals surface area contributed by atoms with Gasteiger partial charge in [0.05, 0.1) is 0 Å². The molecule has 0 heterocycles. The van der Waals surface area contributed by atoms with Gasteiger partial charge in [0.1, 0.15) is 5.75 Å². The molecule has 0 fully saturated rings. The zero-order chi connectivity index (χ0) is 12.6. The number of hydrogen-bond donors (Lipinski definition) is 1. The van der Waals surface area contributed by atoms with Gasteiger partial charge in [-0.05, 0) is 19.1 Å². The van der Waals surface area contributed by atoms with Gasteiger partial charge in [0.15, 0.2) is 0 Å². The maximum Gasteiger partial charge on any atom is 0.409 e. The topological polar surface area (TPSA) is 63.6 Å². The summed E-state index contributed by atoms with van der Waals surface area (Å²) in [6.07, 6.45) is 0. The number of halogens is 1. The highest BCUT2D eigenvalue weighted by molar-refractivity contribution is 6.61. The Labute approximate surface area is 98.1 Å². The van der Waals surface area contributed by atoms with Crippen LogP contribution in [0, 0.1) is 0 Å². The Kier molecular flexibility index (Phi) is 6.63. The zero-order valence-electron chi connectivity index (χ0n) is 8.64. The molecule has 1 aromatic carbocycles. The van der Waals surface area contributed by atoms with Crippen LogP contribution in [0.2, 0.25) is 0 Å². The van der Waals surface area contributed by atoms with E-state index in [1.165, 1.54) is 6.92 Å². The first-order valence-corrected chi connectivity index (χ1v) is 4.62. The minimum absolute atomic E-state index is 0.176. The quantitative estimate of drug-likeness (QED) is 0.639. The third-order valence-electron chi connectivity index (χ3n) is 1.31. The number of rotatable bonds is 2. The molecular formula is C11H11ClO4. The van der Waals surface area contributed by atoms with Gasteiger partial charge in [-0.2, -0.15) is 0 Å². The number of ether oxygens (including phenoxy) is 1. The molecule has 1 rings (SSSR count). The van der Waals surface area contributed by atoms with Gasteiger partial charge >= 0.3 is 11.4 Å². The molecule has 86 valence electrons. The van der Waals surface area contributed by atoms with Crippen molar-refractivity contribution in [2.75, 3.05) is 0 Å². The summed E-state index contributed by atoms with van der Waals surface area (Å²) in [6.45, 7) is 4.60. The van der Waals surface area contributed by atoms with Crippen LogP contribution in [0.1, 0.15) is 6.92 Å². The van der Waals surface area contributed by atoms with Crippen molar-refractivity contribution in [2.45, 2.75) is 6.92 Å². The van der Waals surface area contributed by atoms with Gasteiger partial charge in [-0.15, -0.1) is 0 Å². The second-order valence-corrected chi connectivity index (χ2v) is 3.05. The lowest BCUT2D eigenvalue weighted by molar-refractivity contribution is -0.132. The number of carbonyl (C=O) groups is 2. The van der Waals surface area contributed by atoms with Crippen LogP contribution in [0.3, 0.4) is 0 Å². The molecule has 0 aliphatic heterocycles. The minimum atomic E-state index is -0.935. The summed E-state index contributed by atoms with van der Waals surface area (Å²) in [5.74, 6) is -0.475. The number of benzene rings is 1. The van der Waals surface area contributed by atoms with E-state index in [9.17, 15) is 9.59 Å². The highest BCUT2D eigenvalue weighted by atomic mass is 35.5. The molecule has 0 aromatic heterocycles. The number of carboxylic acid groups (broad SMARTS) is 1. The van der Waals surface area contributed by atoms with Gasteiger partial charge in [0.2, 0.25) is 0 Å². The van der Waals surface area contributed by atoms with Crippen LogP contribution in [0.15, 0.2) is 42.5 Å². The molecule has 0 atom stereocenters. The number of hydrogen-bond acceptors (Lipinski definition) is 3. The number of carboxylic acids is 1. The molecule has 16 heavy (non-hydrogen) atoms. The molecule has 0 bridgehead atoms. The van der Waals surface area contributed by atoms with Crippen LogP contribution in [0.5, 0.6) is 5.75 Å². The van der Waals surface area contributed by atoms with Crippen LogP contribution in [-0.4, -0.2) is 16.5 Å². The van der Waals surface area contributed by atoms with E-state index in [4.69, 9.17) is 16.7 Å². The number of aliphatic carboxylic acids is 1. The van der Waals surface area contributed by atoms with Gasteiger partial charge < -0.3 is 9.84 Å². The van der Waals surface area contributed by atoms with Gasteiger partial charge in [0.25, 0.3) is 0 Å². The van der Waals surface area contributed by atoms with Crippen LogP contribution >= 0.6 is 11.6 Å². The maximum absolute atomic E-state index is 10.2. The molecular weight excluding hydrogens is 232 g/mol. The summed E-state index contributed by atoms with van der Waals surface area (Å²) in [7, 11) is 0. The molecule has 0 aliphatic carbocycles. The normalized spacial score (nSPS) is 8.38. The minimum Gasteiger partial charge on any atom is -0.478 e. The smallest absolute Gasteiger partial charge is 0.409 e. The highest BCUT2D eigenvalue weighted by Gasteiger charge is 1.95. The molecule has 0 saturated carbocycles. The van der Waals surface area contributed by atoms with E-state index in [0.717, 1.165) is 0 Å². The SMILES string of the molecule is C=C(C)C(=O)O.O=C(Cl)Oc1ccccc1. The van der Waals surface area contributed by atoms with Crippen molar-refractivity contribution in [1.82, 2.24) is 0 Å². The second-order valence-electron chi connectivity index (χ2n) is 2.74. The van der Waals surface area contributed by atoms with E-state index in [0.29, 0.717) is 5.75 Å². The van der Waals surface area contributed by atoms with Crippen molar-refractivity contribution in [3.63, 3.8) is 0 Å². The highest BCUT2D eigenvalue weighted by Crippen LogP contribution is 2.09. The standard InChI is InChI=1S/C7H5ClO2.C4H6O2/c8-7(9)10-6-4-2-1-3-5-6;1-3(2)4(5)6/h1-5H;1H2,2H3,(H,5,6). The Morgan fingerprint density at radius 2 is 1.75 bits per heavy atom. The molecule has 1 N–H and O–H groups in total. The molecule has 0 aliphatic rings. The second kappa shape index (κ2) is 7.48. The van der Waals surface area contributed by atoms with Gasteiger partial charge in [-0.3, -0.25) is 0 Å². The van der Waals surface area contributed by atoms with Gasteiger partial charge in [-0.1, -0.05) is 24.8 Å². The van der Waals surface area contributed by atoms with Crippen LogP contribution in [-0.2, 0) is 4.79 Å². The molecule has 0 radical (unpaired) electrons. The van der Waals surface area contributed by atoms with Crippen molar-refractivity contribution in [3.05, 3.63) is 42.5 Å².